The summed E-state index contributed by atoms with van der Waals surface area (Å²) in [6, 6.07) is 5.13. The number of carboxylic acid groups (broad SMARTS) is 1. The fraction of sp³-hybridized carbons (Fsp3) is 0.385. The van der Waals surface area contributed by atoms with Crippen molar-refractivity contribution in [2.24, 2.45) is 5.92 Å². The predicted molar refractivity (Wildman–Crippen MR) is 69.9 cm³/mol. The summed E-state index contributed by atoms with van der Waals surface area (Å²) < 4.78 is 0. The molecule has 0 saturated heterocycles. The standard InChI is InChI=1S/C13H16ClNO3/c1-8(6-12(16)17)7-15-13(18)10-4-3-5-11(14)9(10)2/h3-5,8H,6-7H2,1-2H3,(H,15,18)(H,16,17). The average molecular weight is 270 g/mol. The number of hydrogen-bond donors (Lipinski definition) is 2. The molecule has 0 heterocycles. The van der Waals surface area contributed by atoms with Crippen LogP contribution in [0.2, 0.25) is 5.02 Å². The van der Waals surface area contributed by atoms with E-state index in [-0.39, 0.29) is 18.2 Å². The summed E-state index contributed by atoms with van der Waals surface area (Å²) in [6.07, 6.45) is 0.0365. The zero-order chi connectivity index (χ0) is 13.7. The van der Waals surface area contributed by atoms with E-state index < -0.39 is 5.97 Å². The summed E-state index contributed by atoms with van der Waals surface area (Å²) in [5, 5.41) is 11.9. The highest BCUT2D eigenvalue weighted by atomic mass is 35.5. The Morgan fingerprint density at radius 2 is 2.11 bits per heavy atom. The Balaban J connectivity index is 2.61. The number of carboxylic acids is 1. The van der Waals surface area contributed by atoms with E-state index in [4.69, 9.17) is 16.7 Å². The normalized spacial score (nSPS) is 11.9. The van der Waals surface area contributed by atoms with Crippen LogP contribution in [-0.2, 0) is 4.79 Å². The molecule has 0 aromatic heterocycles. The van der Waals surface area contributed by atoms with Crippen LogP contribution in [0.4, 0.5) is 0 Å². The lowest BCUT2D eigenvalue weighted by Crippen LogP contribution is -2.29. The monoisotopic (exact) mass is 269 g/mol. The lowest BCUT2D eigenvalue weighted by atomic mass is 10.1. The third kappa shape index (κ3) is 4.04. The zero-order valence-corrected chi connectivity index (χ0v) is 11.1. The van der Waals surface area contributed by atoms with E-state index in [9.17, 15) is 9.59 Å². The minimum absolute atomic E-state index is 0.0365. The lowest BCUT2D eigenvalue weighted by molar-refractivity contribution is -0.137. The van der Waals surface area contributed by atoms with Crippen LogP contribution >= 0.6 is 11.6 Å². The molecule has 5 heteroatoms. The van der Waals surface area contributed by atoms with Crippen LogP contribution in [0.25, 0.3) is 0 Å². The molecule has 0 bridgehead atoms. The quantitative estimate of drug-likeness (QED) is 0.863. The Morgan fingerprint density at radius 3 is 2.72 bits per heavy atom. The van der Waals surface area contributed by atoms with E-state index >= 15 is 0 Å². The largest absolute Gasteiger partial charge is 0.481 e. The van der Waals surface area contributed by atoms with Gasteiger partial charge in [-0.15, -0.1) is 0 Å². The van der Waals surface area contributed by atoms with Crippen molar-refractivity contribution in [3.63, 3.8) is 0 Å². The molecule has 1 amide bonds. The molecule has 0 fully saturated rings. The second kappa shape index (κ2) is 6.40. The number of carbonyl (C=O) groups excluding carboxylic acids is 1. The third-order valence-electron chi connectivity index (χ3n) is 2.65. The molecule has 0 radical (unpaired) electrons. The van der Waals surface area contributed by atoms with Gasteiger partial charge < -0.3 is 10.4 Å². The van der Waals surface area contributed by atoms with Crippen LogP contribution in [0.3, 0.4) is 0 Å². The molecule has 0 saturated carbocycles. The van der Waals surface area contributed by atoms with E-state index in [1.54, 1.807) is 32.0 Å². The van der Waals surface area contributed by atoms with Crippen LogP contribution < -0.4 is 5.32 Å². The molecule has 1 atom stereocenters. The number of benzene rings is 1. The summed E-state index contributed by atoms with van der Waals surface area (Å²) in [5.74, 6) is -1.20. The molecule has 98 valence electrons. The lowest BCUT2D eigenvalue weighted by Gasteiger charge is -2.12. The van der Waals surface area contributed by atoms with E-state index in [2.05, 4.69) is 5.32 Å². The molecule has 2 N–H and O–H groups in total. The molecule has 18 heavy (non-hydrogen) atoms. The molecule has 1 unspecified atom stereocenters. The summed E-state index contributed by atoms with van der Waals surface area (Å²) in [7, 11) is 0. The van der Waals surface area contributed by atoms with E-state index in [1.807, 2.05) is 0 Å². The second-order valence-corrected chi connectivity index (χ2v) is 4.73. The van der Waals surface area contributed by atoms with Crippen LogP contribution in [0.1, 0.15) is 29.3 Å². The molecule has 0 aliphatic heterocycles. The second-order valence-electron chi connectivity index (χ2n) is 4.33. The molecule has 1 rings (SSSR count). The first-order valence-electron chi connectivity index (χ1n) is 5.67. The topological polar surface area (TPSA) is 66.4 Å². The van der Waals surface area contributed by atoms with Crippen molar-refractivity contribution in [3.8, 4) is 0 Å². The number of halogens is 1. The number of nitrogens with one attached hydrogen (secondary N) is 1. The Bertz CT molecular complexity index is 460. The van der Waals surface area contributed by atoms with Gasteiger partial charge in [0.05, 0.1) is 0 Å². The van der Waals surface area contributed by atoms with Crippen molar-refractivity contribution in [2.45, 2.75) is 20.3 Å². The molecule has 0 aliphatic rings. The van der Waals surface area contributed by atoms with Gasteiger partial charge in [-0.25, -0.2) is 0 Å². The predicted octanol–water partition coefficient (Wildman–Crippen LogP) is 2.49. The van der Waals surface area contributed by atoms with Crippen LogP contribution in [-0.4, -0.2) is 23.5 Å². The molecular formula is C13H16ClNO3. The van der Waals surface area contributed by atoms with Gasteiger partial charge in [0.1, 0.15) is 0 Å². The molecule has 1 aromatic carbocycles. The fourth-order valence-corrected chi connectivity index (χ4v) is 1.76. The highest BCUT2D eigenvalue weighted by Crippen LogP contribution is 2.18. The maximum atomic E-state index is 11.9. The van der Waals surface area contributed by atoms with Crippen molar-refractivity contribution >= 4 is 23.5 Å². The molecular weight excluding hydrogens is 254 g/mol. The SMILES string of the molecule is Cc1c(Cl)cccc1C(=O)NCC(C)CC(=O)O. The van der Waals surface area contributed by atoms with Gasteiger partial charge in [0.2, 0.25) is 0 Å². The maximum absolute atomic E-state index is 11.9. The number of aliphatic carboxylic acids is 1. The van der Waals surface area contributed by atoms with Gasteiger partial charge in [-0.05, 0) is 30.5 Å². The Kier molecular flexibility index (Phi) is 5.16. The summed E-state index contributed by atoms with van der Waals surface area (Å²) in [6.45, 7) is 3.88. The molecule has 4 nitrogen and oxygen atoms in total. The average Bonchev–Trinajstić information content (AvgIpc) is 2.29. The summed E-state index contributed by atoms with van der Waals surface area (Å²) in [4.78, 5) is 22.4. The van der Waals surface area contributed by atoms with Crippen molar-refractivity contribution in [1.82, 2.24) is 5.32 Å². The van der Waals surface area contributed by atoms with Gasteiger partial charge in [0, 0.05) is 23.6 Å². The van der Waals surface area contributed by atoms with Crippen molar-refractivity contribution < 1.29 is 14.7 Å². The fourth-order valence-electron chi connectivity index (χ4n) is 1.59. The minimum Gasteiger partial charge on any atom is -0.481 e. The Hall–Kier alpha value is -1.55. The van der Waals surface area contributed by atoms with E-state index in [0.717, 1.165) is 5.56 Å². The van der Waals surface area contributed by atoms with Gasteiger partial charge in [-0.1, -0.05) is 24.6 Å². The summed E-state index contributed by atoms with van der Waals surface area (Å²) in [5.41, 5.74) is 1.24. The minimum atomic E-state index is -0.865. The first-order valence-corrected chi connectivity index (χ1v) is 6.04. The van der Waals surface area contributed by atoms with Crippen LogP contribution in [0, 0.1) is 12.8 Å². The van der Waals surface area contributed by atoms with Crippen molar-refractivity contribution in [1.29, 1.82) is 0 Å². The number of carbonyl (C=O) groups is 2. The smallest absolute Gasteiger partial charge is 0.303 e. The van der Waals surface area contributed by atoms with Crippen LogP contribution in [0.5, 0.6) is 0 Å². The zero-order valence-electron chi connectivity index (χ0n) is 10.4. The first kappa shape index (κ1) is 14.5. The molecule has 0 spiro atoms. The van der Waals surface area contributed by atoms with E-state index in [1.165, 1.54) is 0 Å². The summed E-state index contributed by atoms with van der Waals surface area (Å²) >= 11 is 5.93. The van der Waals surface area contributed by atoms with Crippen LogP contribution in [0.15, 0.2) is 18.2 Å². The van der Waals surface area contributed by atoms with Crippen molar-refractivity contribution in [2.75, 3.05) is 6.54 Å². The van der Waals surface area contributed by atoms with Gasteiger partial charge in [0.15, 0.2) is 0 Å². The van der Waals surface area contributed by atoms with Gasteiger partial charge in [-0.3, -0.25) is 9.59 Å². The number of amides is 1. The van der Waals surface area contributed by atoms with Gasteiger partial charge >= 0.3 is 5.97 Å². The Morgan fingerprint density at radius 1 is 1.44 bits per heavy atom. The van der Waals surface area contributed by atoms with E-state index in [0.29, 0.717) is 17.1 Å². The van der Waals surface area contributed by atoms with Crippen molar-refractivity contribution in [3.05, 3.63) is 34.3 Å². The highest BCUT2D eigenvalue weighted by Gasteiger charge is 2.13. The number of rotatable bonds is 5. The number of hydrogen-bond acceptors (Lipinski definition) is 2. The van der Waals surface area contributed by atoms with Gasteiger partial charge in [0.25, 0.3) is 5.91 Å². The third-order valence-corrected chi connectivity index (χ3v) is 3.06. The van der Waals surface area contributed by atoms with Gasteiger partial charge in [-0.2, -0.15) is 0 Å². The highest BCUT2D eigenvalue weighted by molar-refractivity contribution is 6.31. The first-order chi connectivity index (χ1) is 8.41. The maximum Gasteiger partial charge on any atom is 0.303 e. The molecule has 0 aliphatic carbocycles. The molecule has 1 aromatic rings. The Labute approximate surface area is 111 Å².